The number of nitrogens with zero attached hydrogens (tertiary/aromatic N) is 2. The largest absolute Gasteiger partial charge is 0.495 e. The first-order chi connectivity index (χ1) is 10.9. The van der Waals surface area contributed by atoms with Crippen molar-refractivity contribution in [2.75, 3.05) is 18.0 Å². The van der Waals surface area contributed by atoms with Crippen molar-refractivity contribution in [3.63, 3.8) is 0 Å². The lowest BCUT2D eigenvalue weighted by Gasteiger charge is -2.20. The van der Waals surface area contributed by atoms with Crippen LogP contribution in [0.1, 0.15) is 5.56 Å². The molecule has 7 nitrogen and oxygen atoms in total. The first kappa shape index (κ1) is 15.3. The van der Waals surface area contributed by atoms with Crippen molar-refractivity contribution in [1.29, 1.82) is 0 Å². The normalized spacial score (nSPS) is 13.7. The third kappa shape index (κ3) is 2.50. The second-order valence-corrected chi connectivity index (χ2v) is 6.88. The molecule has 0 aliphatic carbocycles. The zero-order valence-electron chi connectivity index (χ0n) is 12.3. The van der Waals surface area contributed by atoms with Gasteiger partial charge in [0.15, 0.2) is 0 Å². The van der Waals surface area contributed by atoms with Crippen LogP contribution < -0.4 is 9.04 Å². The number of ether oxygens (including phenoxy) is 1. The number of benzene rings is 2. The van der Waals surface area contributed by atoms with Gasteiger partial charge in [0.25, 0.3) is 15.7 Å². The number of nitro benzene ring substituents is 1. The van der Waals surface area contributed by atoms with Gasteiger partial charge in [0.2, 0.25) is 0 Å². The third-order valence-electron chi connectivity index (χ3n) is 3.77. The van der Waals surface area contributed by atoms with E-state index in [0.717, 1.165) is 5.56 Å². The Morgan fingerprint density at radius 2 is 1.96 bits per heavy atom. The highest BCUT2D eigenvalue weighted by atomic mass is 32.2. The number of sulfonamides is 1. The minimum atomic E-state index is -3.85. The average Bonchev–Trinajstić information content (AvgIpc) is 2.98. The van der Waals surface area contributed by atoms with Crippen LogP contribution in [0.25, 0.3) is 0 Å². The van der Waals surface area contributed by atoms with Crippen molar-refractivity contribution >= 4 is 21.4 Å². The van der Waals surface area contributed by atoms with Crippen LogP contribution in [0.4, 0.5) is 11.4 Å². The molecule has 1 heterocycles. The topological polar surface area (TPSA) is 89.8 Å². The summed E-state index contributed by atoms with van der Waals surface area (Å²) in [5.74, 6) is 0.242. The molecule has 0 aromatic heterocycles. The number of para-hydroxylation sites is 1. The van der Waals surface area contributed by atoms with Crippen molar-refractivity contribution in [3.05, 3.63) is 58.1 Å². The number of non-ortho nitro benzene ring substituents is 1. The predicted octanol–water partition coefficient (Wildman–Crippen LogP) is 2.35. The molecule has 0 saturated heterocycles. The number of hydrogen-bond acceptors (Lipinski definition) is 5. The van der Waals surface area contributed by atoms with Gasteiger partial charge in [-0.25, -0.2) is 8.42 Å². The molecule has 0 unspecified atom stereocenters. The summed E-state index contributed by atoms with van der Waals surface area (Å²) in [7, 11) is -2.45. The Morgan fingerprint density at radius 3 is 2.65 bits per heavy atom. The molecule has 1 aliphatic heterocycles. The number of nitro groups is 1. The van der Waals surface area contributed by atoms with Crippen molar-refractivity contribution in [2.45, 2.75) is 11.3 Å². The number of methoxy groups -OCH3 is 1. The van der Waals surface area contributed by atoms with Gasteiger partial charge in [0.1, 0.15) is 10.6 Å². The quantitative estimate of drug-likeness (QED) is 0.632. The van der Waals surface area contributed by atoms with Gasteiger partial charge in [-0.15, -0.1) is 0 Å². The summed E-state index contributed by atoms with van der Waals surface area (Å²) in [6, 6.07) is 10.6. The maximum atomic E-state index is 12.9. The molecule has 0 saturated carbocycles. The molecule has 2 aromatic carbocycles. The summed E-state index contributed by atoms with van der Waals surface area (Å²) in [5.41, 5.74) is 0.991. The summed E-state index contributed by atoms with van der Waals surface area (Å²) in [6.07, 6.45) is 0.516. The number of fused-ring (bicyclic) bond motifs is 1. The smallest absolute Gasteiger partial charge is 0.271 e. The first-order valence-electron chi connectivity index (χ1n) is 6.88. The first-order valence-corrected chi connectivity index (χ1v) is 8.32. The molecule has 0 radical (unpaired) electrons. The minimum absolute atomic E-state index is 0.0434. The van der Waals surface area contributed by atoms with E-state index < -0.39 is 14.9 Å². The van der Waals surface area contributed by atoms with Crippen LogP contribution in [0, 0.1) is 10.1 Å². The van der Waals surface area contributed by atoms with Crippen molar-refractivity contribution < 1.29 is 18.1 Å². The Kier molecular flexibility index (Phi) is 3.69. The predicted molar refractivity (Wildman–Crippen MR) is 84.3 cm³/mol. The molecule has 0 fully saturated rings. The van der Waals surface area contributed by atoms with Crippen LogP contribution >= 0.6 is 0 Å². The number of anilines is 1. The Labute approximate surface area is 133 Å². The Hall–Kier alpha value is -2.61. The highest BCUT2D eigenvalue weighted by molar-refractivity contribution is 7.93. The third-order valence-corrected chi connectivity index (χ3v) is 5.62. The molecule has 8 heteroatoms. The molecule has 2 aromatic rings. The van der Waals surface area contributed by atoms with Gasteiger partial charge >= 0.3 is 0 Å². The van der Waals surface area contributed by atoms with Gasteiger partial charge in [-0.05, 0) is 24.1 Å². The van der Waals surface area contributed by atoms with Crippen molar-refractivity contribution in [2.24, 2.45) is 0 Å². The molecule has 3 rings (SSSR count). The summed E-state index contributed by atoms with van der Waals surface area (Å²) >= 11 is 0. The zero-order valence-corrected chi connectivity index (χ0v) is 13.1. The Balaban J connectivity index is 2.11. The molecule has 23 heavy (non-hydrogen) atoms. The van der Waals surface area contributed by atoms with Crippen LogP contribution in [0.15, 0.2) is 47.4 Å². The SMILES string of the molecule is COc1ccccc1S(=O)(=O)N1CCc2ccc([N+](=O)[O-])cc21. The van der Waals surface area contributed by atoms with E-state index >= 15 is 0 Å². The molecule has 0 N–H and O–H groups in total. The second-order valence-electron chi connectivity index (χ2n) is 5.05. The fraction of sp³-hybridized carbons (Fsp3) is 0.200. The molecule has 120 valence electrons. The molecular formula is C15H14N2O5S. The Bertz CT molecular complexity index is 879. The van der Waals surface area contributed by atoms with Crippen LogP contribution in [0.2, 0.25) is 0 Å². The molecule has 0 spiro atoms. The van der Waals surface area contributed by atoms with E-state index in [1.54, 1.807) is 24.3 Å². The lowest BCUT2D eigenvalue weighted by Crippen LogP contribution is -2.29. The molecule has 0 atom stereocenters. The number of rotatable bonds is 4. The number of hydrogen-bond donors (Lipinski definition) is 0. The van der Waals surface area contributed by atoms with E-state index in [0.29, 0.717) is 12.1 Å². The lowest BCUT2D eigenvalue weighted by molar-refractivity contribution is -0.384. The fourth-order valence-electron chi connectivity index (χ4n) is 2.65. The standard InChI is InChI=1S/C15H14N2O5S/c1-22-14-4-2-3-5-15(14)23(20,21)16-9-8-11-6-7-12(17(18)19)10-13(11)16/h2-7,10H,8-9H2,1H3. The van der Waals surface area contributed by atoms with E-state index in [1.807, 2.05) is 0 Å². The monoisotopic (exact) mass is 334 g/mol. The summed E-state index contributed by atoms with van der Waals surface area (Å²) < 4.78 is 32.2. The van der Waals surface area contributed by atoms with Gasteiger partial charge in [-0.2, -0.15) is 0 Å². The van der Waals surface area contributed by atoms with Gasteiger partial charge in [-0.3, -0.25) is 14.4 Å². The van der Waals surface area contributed by atoms with Crippen molar-refractivity contribution in [1.82, 2.24) is 0 Å². The Morgan fingerprint density at radius 1 is 1.22 bits per heavy atom. The van der Waals surface area contributed by atoms with E-state index in [2.05, 4.69) is 0 Å². The molecule has 1 aliphatic rings. The summed E-state index contributed by atoms with van der Waals surface area (Å²) in [4.78, 5) is 10.5. The molecule has 0 bridgehead atoms. The highest BCUT2D eigenvalue weighted by Gasteiger charge is 2.33. The zero-order chi connectivity index (χ0) is 16.6. The molecular weight excluding hydrogens is 320 g/mol. The van der Waals surface area contributed by atoms with Gasteiger partial charge in [-0.1, -0.05) is 18.2 Å². The average molecular weight is 334 g/mol. The van der Waals surface area contributed by atoms with Gasteiger partial charge in [0.05, 0.1) is 17.7 Å². The summed E-state index contributed by atoms with van der Waals surface area (Å²) in [5, 5.41) is 10.9. The van der Waals surface area contributed by atoms with Crippen LogP contribution in [0.5, 0.6) is 5.75 Å². The van der Waals surface area contributed by atoms with Crippen LogP contribution in [-0.2, 0) is 16.4 Å². The highest BCUT2D eigenvalue weighted by Crippen LogP contribution is 2.37. The maximum absolute atomic E-state index is 12.9. The summed E-state index contributed by atoms with van der Waals surface area (Å²) in [6.45, 7) is 0.247. The van der Waals surface area contributed by atoms with E-state index in [-0.39, 0.29) is 22.9 Å². The minimum Gasteiger partial charge on any atom is -0.495 e. The molecule has 0 amide bonds. The van der Waals surface area contributed by atoms with Crippen LogP contribution in [-0.4, -0.2) is 27.0 Å². The second kappa shape index (κ2) is 5.54. The van der Waals surface area contributed by atoms with E-state index in [4.69, 9.17) is 4.74 Å². The fourth-order valence-corrected chi connectivity index (χ4v) is 4.31. The van der Waals surface area contributed by atoms with Crippen LogP contribution in [0.3, 0.4) is 0 Å². The van der Waals surface area contributed by atoms with E-state index in [9.17, 15) is 18.5 Å². The lowest BCUT2D eigenvalue weighted by atomic mass is 10.1. The maximum Gasteiger partial charge on any atom is 0.271 e. The van der Waals surface area contributed by atoms with Crippen molar-refractivity contribution in [3.8, 4) is 5.75 Å². The van der Waals surface area contributed by atoms with E-state index in [1.165, 1.54) is 29.6 Å². The van der Waals surface area contributed by atoms with Gasteiger partial charge in [0, 0.05) is 18.7 Å². The van der Waals surface area contributed by atoms with Gasteiger partial charge < -0.3 is 4.74 Å².